The van der Waals surface area contributed by atoms with Gasteiger partial charge in [-0.2, -0.15) is 0 Å². The molecule has 0 saturated heterocycles. The molecule has 0 aromatic heterocycles. The maximum atomic E-state index is 9.34. The zero-order valence-electron chi connectivity index (χ0n) is 11.6. The summed E-state index contributed by atoms with van der Waals surface area (Å²) in [6, 6.07) is 11.1. The Balaban J connectivity index is 1.60. The molecule has 2 aliphatic heterocycles. The van der Waals surface area contributed by atoms with Crippen molar-refractivity contribution in [2.45, 2.75) is 6.42 Å². The molecule has 0 spiro atoms. The Hall–Kier alpha value is -2.89. The monoisotopic (exact) mass is 299 g/mol. The average molecular weight is 299 g/mol. The quantitative estimate of drug-likeness (QED) is 0.536. The fourth-order valence-corrected chi connectivity index (χ4v) is 2.52. The van der Waals surface area contributed by atoms with Gasteiger partial charge in [-0.15, -0.1) is 0 Å². The normalized spacial score (nSPS) is 15.2. The highest BCUT2D eigenvalue weighted by atomic mass is 16.7. The molecule has 0 atom stereocenters. The lowest BCUT2D eigenvalue weighted by molar-refractivity contribution is 0.173. The Labute approximate surface area is 126 Å². The van der Waals surface area contributed by atoms with Crippen LogP contribution in [0.4, 0.5) is 0 Å². The summed E-state index contributed by atoms with van der Waals surface area (Å²) >= 11 is 0. The van der Waals surface area contributed by atoms with Crippen molar-refractivity contribution in [3.05, 3.63) is 47.5 Å². The smallest absolute Gasteiger partial charge is 0.231 e. The first-order valence-corrected chi connectivity index (χ1v) is 6.83. The molecule has 112 valence electrons. The van der Waals surface area contributed by atoms with E-state index < -0.39 is 0 Å². The number of hydrogen-bond acceptors (Lipinski definition) is 6. The first kappa shape index (κ1) is 12.8. The van der Waals surface area contributed by atoms with Crippen LogP contribution in [-0.2, 0) is 6.42 Å². The van der Waals surface area contributed by atoms with Gasteiger partial charge in [0.15, 0.2) is 23.0 Å². The van der Waals surface area contributed by atoms with Crippen molar-refractivity contribution < 1.29 is 24.2 Å². The van der Waals surface area contributed by atoms with Gasteiger partial charge in [0.2, 0.25) is 13.6 Å². The third-order valence-electron chi connectivity index (χ3n) is 3.64. The summed E-state index contributed by atoms with van der Waals surface area (Å²) < 4.78 is 21.3. The Morgan fingerprint density at radius 2 is 1.50 bits per heavy atom. The largest absolute Gasteiger partial charge is 0.454 e. The Kier molecular flexibility index (Phi) is 3.00. The van der Waals surface area contributed by atoms with Crippen molar-refractivity contribution in [2.75, 3.05) is 13.6 Å². The second-order valence-corrected chi connectivity index (χ2v) is 4.98. The molecule has 0 bridgehead atoms. The summed E-state index contributed by atoms with van der Waals surface area (Å²) in [4.78, 5) is 0. The molecule has 1 N–H and O–H groups in total. The van der Waals surface area contributed by atoms with Gasteiger partial charge in [0.1, 0.15) is 0 Å². The van der Waals surface area contributed by atoms with Crippen molar-refractivity contribution >= 4 is 5.71 Å². The fraction of sp³-hybridized carbons (Fsp3) is 0.188. The third kappa shape index (κ3) is 2.18. The van der Waals surface area contributed by atoms with E-state index in [1.165, 1.54) is 0 Å². The van der Waals surface area contributed by atoms with Gasteiger partial charge in [-0.05, 0) is 35.9 Å². The summed E-state index contributed by atoms with van der Waals surface area (Å²) in [5.41, 5.74) is 2.29. The van der Waals surface area contributed by atoms with Crippen molar-refractivity contribution in [1.29, 1.82) is 0 Å². The van der Waals surface area contributed by atoms with Crippen LogP contribution < -0.4 is 18.9 Å². The van der Waals surface area contributed by atoms with Gasteiger partial charge < -0.3 is 24.2 Å². The zero-order valence-corrected chi connectivity index (χ0v) is 11.6. The Morgan fingerprint density at radius 3 is 2.23 bits per heavy atom. The van der Waals surface area contributed by atoms with Gasteiger partial charge in [0.05, 0.1) is 5.71 Å². The summed E-state index contributed by atoms with van der Waals surface area (Å²) in [5, 5.41) is 12.8. The van der Waals surface area contributed by atoms with Gasteiger partial charge in [-0.3, -0.25) is 0 Å². The summed E-state index contributed by atoms with van der Waals surface area (Å²) in [6.45, 7) is 0.453. The van der Waals surface area contributed by atoms with Gasteiger partial charge in [0, 0.05) is 12.0 Å². The number of benzene rings is 2. The number of nitrogens with zero attached hydrogens (tertiary/aromatic N) is 1. The second kappa shape index (κ2) is 5.14. The molecule has 2 aromatic rings. The molecule has 6 nitrogen and oxygen atoms in total. The summed E-state index contributed by atoms with van der Waals surface area (Å²) in [7, 11) is 0. The molecule has 4 rings (SSSR count). The standard InChI is InChI=1S/C16H13NO5/c18-17-12(11-2-4-14-16(7-11)22-9-20-14)5-10-1-3-13-15(6-10)21-8-19-13/h1-4,6-7,18H,5,8-9H2/b17-12+. The van der Waals surface area contributed by atoms with Crippen molar-refractivity contribution in [3.63, 3.8) is 0 Å². The van der Waals surface area contributed by atoms with Crippen LogP contribution in [0.1, 0.15) is 11.1 Å². The molecule has 2 aromatic carbocycles. The molecule has 0 amide bonds. The number of fused-ring (bicyclic) bond motifs is 2. The van der Waals surface area contributed by atoms with E-state index in [0.717, 1.165) is 16.9 Å². The number of oxime groups is 1. The molecule has 6 heteroatoms. The molecule has 0 saturated carbocycles. The highest BCUT2D eigenvalue weighted by molar-refractivity contribution is 6.02. The molecule has 2 heterocycles. The van der Waals surface area contributed by atoms with Crippen LogP contribution in [0.3, 0.4) is 0 Å². The van der Waals surface area contributed by atoms with E-state index in [9.17, 15) is 5.21 Å². The number of ether oxygens (including phenoxy) is 4. The molecule has 0 unspecified atom stereocenters. The van der Waals surface area contributed by atoms with E-state index in [1.54, 1.807) is 0 Å². The lowest BCUT2D eigenvalue weighted by atomic mass is 10.0. The lowest BCUT2D eigenvalue weighted by Gasteiger charge is -2.07. The Morgan fingerprint density at radius 1 is 0.864 bits per heavy atom. The maximum Gasteiger partial charge on any atom is 0.231 e. The van der Waals surface area contributed by atoms with Crippen molar-refractivity contribution in [1.82, 2.24) is 0 Å². The molecular formula is C16H13NO5. The fourth-order valence-electron chi connectivity index (χ4n) is 2.52. The third-order valence-corrected chi connectivity index (χ3v) is 3.64. The first-order valence-electron chi connectivity index (χ1n) is 6.83. The van der Waals surface area contributed by atoms with Crippen molar-refractivity contribution in [3.8, 4) is 23.0 Å². The minimum atomic E-state index is 0.215. The van der Waals surface area contributed by atoms with Gasteiger partial charge >= 0.3 is 0 Å². The SMILES string of the molecule is O/N=C(\Cc1ccc2c(c1)OCO2)c1ccc2c(c1)OCO2. The summed E-state index contributed by atoms with van der Waals surface area (Å²) in [6.07, 6.45) is 0.465. The summed E-state index contributed by atoms with van der Waals surface area (Å²) in [5.74, 6) is 2.79. The zero-order chi connectivity index (χ0) is 14.9. The van der Waals surface area contributed by atoms with Crippen LogP contribution in [0.5, 0.6) is 23.0 Å². The van der Waals surface area contributed by atoms with Crippen LogP contribution in [0, 0.1) is 0 Å². The lowest BCUT2D eigenvalue weighted by Crippen LogP contribution is -2.05. The predicted octanol–water partition coefficient (Wildman–Crippen LogP) is 2.57. The molecular weight excluding hydrogens is 286 g/mol. The Bertz CT molecular complexity index is 756. The molecule has 0 radical (unpaired) electrons. The number of rotatable bonds is 3. The van der Waals surface area contributed by atoms with Crippen LogP contribution in [0.25, 0.3) is 0 Å². The van der Waals surface area contributed by atoms with E-state index in [0.29, 0.717) is 29.4 Å². The van der Waals surface area contributed by atoms with Crippen LogP contribution in [0.2, 0.25) is 0 Å². The average Bonchev–Trinajstić information content (AvgIpc) is 3.19. The molecule has 0 fully saturated rings. The van der Waals surface area contributed by atoms with E-state index >= 15 is 0 Å². The topological polar surface area (TPSA) is 69.5 Å². The maximum absolute atomic E-state index is 9.34. The van der Waals surface area contributed by atoms with E-state index in [4.69, 9.17) is 18.9 Å². The molecule has 0 aliphatic carbocycles. The predicted molar refractivity (Wildman–Crippen MR) is 77.2 cm³/mol. The second-order valence-electron chi connectivity index (χ2n) is 4.98. The molecule has 2 aliphatic rings. The van der Waals surface area contributed by atoms with E-state index in [2.05, 4.69) is 5.16 Å². The van der Waals surface area contributed by atoms with E-state index in [-0.39, 0.29) is 13.6 Å². The van der Waals surface area contributed by atoms with Crippen LogP contribution in [-0.4, -0.2) is 24.5 Å². The minimum absolute atomic E-state index is 0.215. The first-order chi connectivity index (χ1) is 10.8. The van der Waals surface area contributed by atoms with Gasteiger partial charge in [-0.1, -0.05) is 11.2 Å². The molecule has 22 heavy (non-hydrogen) atoms. The van der Waals surface area contributed by atoms with Crippen LogP contribution in [0.15, 0.2) is 41.6 Å². The number of hydrogen-bond donors (Lipinski definition) is 1. The highest BCUT2D eigenvalue weighted by Crippen LogP contribution is 2.34. The van der Waals surface area contributed by atoms with Gasteiger partial charge in [0.25, 0.3) is 0 Å². The van der Waals surface area contributed by atoms with Crippen LogP contribution >= 0.6 is 0 Å². The van der Waals surface area contributed by atoms with Gasteiger partial charge in [-0.25, -0.2) is 0 Å². The van der Waals surface area contributed by atoms with E-state index in [1.807, 2.05) is 36.4 Å². The van der Waals surface area contributed by atoms with Crippen molar-refractivity contribution in [2.24, 2.45) is 5.16 Å². The minimum Gasteiger partial charge on any atom is -0.454 e. The highest BCUT2D eigenvalue weighted by Gasteiger charge is 2.17.